The van der Waals surface area contributed by atoms with Crippen LogP contribution in [0.4, 0.5) is 0 Å². The average Bonchev–Trinajstić information content (AvgIpc) is 3.11. The first-order chi connectivity index (χ1) is 11.2. The summed E-state index contributed by atoms with van der Waals surface area (Å²) < 4.78 is 5.33. The summed E-state index contributed by atoms with van der Waals surface area (Å²) >= 11 is 6.25. The van der Waals surface area contributed by atoms with Crippen LogP contribution < -0.4 is 4.74 Å². The molecule has 7 heteroatoms. The zero-order valence-electron chi connectivity index (χ0n) is 13.0. The number of aromatic amines is 1. The molecule has 1 N–H and O–H groups in total. The molecule has 2 aromatic rings. The van der Waals surface area contributed by atoms with Crippen molar-refractivity contribution < 1.29 is 9.53 Å². The van der Waals surface area contributed by atoms with Crippen molar-refractivity contribution in [2.24, 2.45) is 0 Å². The summed E-state index contributed by atoms with van der Waals surface area (Å²) in [6.07, 6.45) is 4.65. The van der Waals surface area contributed by atoms with E-state index in [1.165, 1.54) is 6.33 Å². The molecule has 6 nitrogen and oxygen atoms in total. The van der Waals surface area contributed by atoms with Crippen LogP contribution in [0.2, 0.25) is 5.02 Å². The fraction of sp³-hybridized carbons (Fsp3) is 0.438. The summed E-state index contributed by atoms with van der Waals surface area (Å²) in [7, 11) is 1.58. The fourth-order valence-electron chi connectivity index (χ4n) is 3.04. The highest BCUT2D eigenvalue weighted by atomic mass is 35.5. The highest BCUT2D eigenvalue weighted by molar-refractivity contribution is 6.31. The van der Waals surface area contributed by atoms with Gasteiger partial charge in [0.15, 0.2) is 0 Å². The number of rotatable bonds is 4. The van der Waals surface area contributed by atoms with Gasteiger partial charge in [-0.3, -0.25) is 9.89 Å². The van der Waals surface area contributed by atoms with Crippen LogP contribution >= 0.6 is 11.6 Å². The molecule has 1 saturated heterocycles. The summed E-state index contributed by atoms with van der Waals surface area (Å²) in [5.74, 6) is 1.40. The summed E-state index contributed by atoms with van der Waals surface area (Å²) in [6.45, 7) is 0.719. The number of hydrogen-bond acceptors (Lipinski definition) is 4. The number of nitrogens with one attached hydrogen (secondary N) is 1. The van der Waals surface area contributed by atoms with Gasteiger partial charge in [0.2, 0.25) is 5.91 Å². The zero-order chi connectivity index (χ0) is 16.2. The van der Waals surface area contributed by atoms with Crippen molar-refractivity contribution in [3.8, 4) is 5.75 Å². The van der Waals surface area contributed by atoms with Gasteiger partial charge in [-0.25, -0.2) is 4.98 Å². The number of amides is 1. The summed E-state index contributed by atoms with van der Waals surface area (Å²) in [4.78, 5) is 18.9. The van der Waals surface area contributed by atoms with E-state index in [4.69, 9.17) is 16.3 Å². The molecule has 0 aliphatic carbocycles. The van der Waals surface area contributed by atoms with E-state index in [-0.39, 0.29) is 18.4 Å². The minimum absolute atomic E-state index is 0.0255. The molecule has 0 spiro atoms. The number of H-pyrrole nitrogens is 1. The van der Waals surface area contributed by atoms with Crippen molar-refractivity contribution in [1.82, 2.24) is 20.1 Å². The van der Waals surface area contributed by atoms with E-state index >= 15 is 0 Å². The molecular weight excluding hydrogens is 316 g/mol. The number of halogens is 1. The number of benzene rings is 1. The van der Waals surface area contributed by atoms with E-state index < -0.39 is 0 Å². The molecule has 0 saturated carbocycles. The van der Waals surface area contributed by atoms with Crippen molar-refractivity contribution in [2.45, 2.75) is 31.7 Å². The van der Waals surface area contributed by atoms with Crippen LogP contribution in [0.3, 0.4) is 0 Å². The molecule has 122 valence electrons. The Kier molecular flexibility index (Phi) is 4.81. The molecule has 1 aromatic carbocycles. The van der Waals surface area contributed by atoms with Crippen LogP contribution in [0.5, 0.6) is 5.75 Å². The number of hydrogen-bond donors (Lipinski definition) is 1. The Morgan fingerprint density at radius 2 is 2.35 bits per heavy atom. The van der Waals surface area contributed by atoms with Gasteiger partial charge in [0.25, 0.3) is 0 Å². The number of aromatic nitrogens is 3. The van der Waals surface area contributed by atoms with E-state index in [0.717, 1.165) is 37.2 Å². The lowest BCUT2D eigenvalue weighted by Crippen LogP contribution is -2.40. The number of carbonyl (C=O) groups excluding carboxylic acids is 1. The normalized spacial score (nSPS) is 18.0. The third-order valence-electron chi connectivity index (χ3n) is 4.20. The maximum atomic E-state index is 12.8. The fourth-order valence-corrected chi connectivity index (χ4v) is 3.28. The molecule has 1 aliphatic heterocycles. The molecule has 23 heavy (non-hydrogen) atoms. The molecule has 1 amide bonds. The number of carbonyl (C=O) groups is 1. The predicted molar refractivity (Wildman–Crippen MR) is 86.4 cm³/mol. The standard InChI is InChI=1S/C16H19ClN4O2/c1-23-14-7-4-5-12(17)11(14)9-15(22)21-8-3-2-6-13(21)16-18-10-19-20-16/h4-5,7,10,13H,2-3,6,8-9H2,1H3,(H,18,19,20)/t13-/m1/s1. The Morgan fingerprint density at radius 1 is 1.48 bits per heavy atom. The highest BCUT2D eigenvalue weighted by Crippen LogP contribution is 2.31. The predicted octanol–water partition coefficient (Wildman–Crippen LogP) is 2.76. The maximum Gasteiger partial charge on any atom is 0.227 e. The Hall–Kier alpha value is -2.08. The smallest absolute Gasteiger partial charge is 0.227 e. The maximum absolute atomic E-state index is 12.8. The summed E-state index contributed by atoms with van der Waals surface area (Å²) in [5, 5.41) is 7.33. The van der Waals surface area contributed by atoms with Gasteiger partial charge in [-0.15, -0.1) is 0 Å². The topological polar surface area (TPSA) is 71.1 Å². The SMILES string of the molecule is COc1cccc(Cl)c1CC(=O)N1CCCC[C@@H]1c1ncn[nH]1. The first kappa shape index (κ1) is 15.8. The molecule has 0 radical (unpaired) electrons. The van der Waals surface area contributed by atoms with Crippen LogP contribution in [0.25, 0.3) is 0 Å². The van der Waals surface area contributed by atoms with E-state index in [1.54, 1.807) is 13.2 Å². The molecule has 0 bridgehead atoms. The molecule has 0 unspecified atom stereocenters. The molecule has 2 heterocycles. The van der Waals surface area contributed by atoms with Gasteiger partial charge in [-0.2, -0.15) is 5.10 Å². The van der Waals surface area contributed by atoms with E-state index in [9.17, 15) is 4.79 Å². The van der Waals surface area contributed by atoms with Crippen LogP contribution in [0.1, 0.15) is 36.7 Å². The lowest BCUT2D eigenvalue weighted by Gasteiger charge is -2.34. The van der Waals surface area contributed by atoms with Crippen molar-refractivity contribution >= 4 is 17.5 Å². The van der Waals surface area contributed by atoms with Gasteiger partial charge in [0.05, 0.1) is 19.6 Å². The molecule has 1 fully saturated rings. The lowest BCUT2D eigenvalue weighted by molar-refractivity contribution is -0.134. The minimum atomic E-state index is -0.0489. The Morgan fingerprint density at radius 3 is 3.09 bits per heavy atom. The first-order valence-electron chi connectivity index (χ1n) is 7.67. The average molecular weight is 335 g/mol. The Bertz CT molecular complexity index is 675. The molecule has 1 aliphatic rings. The monoisotopic (exact) mass is 334 g/mol. The van der Waals surface area contributed by atoms with Gasteiger partial charge in [0.1, 0.15) is 17.9 Å². The van der Waals surface area contributed by atoms with Gasteiger partial charge >= 0.3 is 0 Å². The van der Waals surface area contributed by atoms with Crippen LogP contribution in [-0.4, -0.2) is 39.6 Å². The Labute approximate surface area is 139 Å². The summed E-state index contributed by atoms with van der Waals surface area (Å²) in [5.41, 5.74) is 0.726. The van der Waals surface area contributed by atoms with Gasteiger partial charge in [0, 0.05) is 17.1 Å². The first-order valence-corrected chi connectivity index (χ1v) is 8.04. The molecule has 1 aromatic heterocycles. The lowest BCUT2D eigenvalue weighted by atomic mass is 10.00. The van der Waals surface area contributed by atoms with Gasteiger partial charge in [-0.1, -0.05) is 17.7 Å². The van der Waals surface area contributed by atoms with Crippen molar-refractivity contribution in [1.29, 1.82) is 0 Å². The molecular formula is C16H19ClN4O2. The second-order valence-electron chi connectivity index (χ2n) is 5.57. The van der Waals surface area contributed by atoms with E-state index in [2.05, 4.69) is 15.2 Å². The van der Waals surface area contributed by atoms with E-state index in [1.807, 2.05) is 17.0 Å². The van der Waals surface area contributed by atoms with Crippen LogP contribution in [-0.2, 0) is 11.2 Å². The number of likely N-dealkylation sites (tertiary alicyclic amines) is 1. The third kappa shape index (κ3) is 3.32. The number of nitrogens with zero attached hydrogens (tertiary/aromatic N) is 3. The number of ether oxygens (including phenoxy) is 1. The summed E-state index contributed by atoms with van der Waals surface area (Å²) in [6, 6.07) is 5.36. The van der Waals surface area contributed by atoms with E-state index in [0.29, 0.717) is 10.8 Å². The quantitative estimate of drug-likeness (QED) is 0.933. The van der Waals surface area contributed by atoms with Crippen molar-refractivity contribution in [3.63, 3.8) is 0 Å². The minimum Gasteiger partial charge on any atom is -0.496 e. The van der Waals surface area contributed by atoms with Crippen molar-refractivity contribution in [2.75, 3.05) is 13.7 Å². The molecule has 1 atom stereocenters. The van der Waals surface area contributed by atoms with Crippen LogP contribution in [0.15, 0.2) is 24.5 Å². The van der Waals surface area contributed by atoms with Gasteiger partial charge in [-0.05, 0) is 31.4 Å². The molecule has 3 rings (SSSR count). The van der Waals surface area contributed by atoms with Crippen LogP contribution in [0, 0.1) is 0 Å². The zero-order valence-corrected chi connectivity index (χ0v) is 13.7. The largest absolute Gasteiger partial charge is 0.496 e. The van der Waals surface area contributed by atoms with Crippen molar-refractivity contribution in [3.05, 3.63) is 40.9 Å². The third-order valence-corrected chi connectivity index (χ3v) is 4.55. The van der Waals surface area contributed by atoms with Gasteiger partial charge < -0.3 is 9.64 Å². The number of methoxy groups -OCH3 is 1. The second-order valence-corrected chi connectivity index (χ2v) is 5.97. The number of piperidine rings is 1. The second kappa shape index (κ2) is 7.00. The Balaban J connectivity index is 1.82. The highest BCUT2D eigenvalue weighted by Gasteiger charge is 2.30.